The predicted octanol–water partition coefficient (Wildman–Crippen LogP) is 1.38. The molecule has 0 amide bonds. The molecular weight excluding hydrogens is 284 g/mol. The van der Waals surface area contributed by atoms with E-state index in [0.717, 1.165) is 11.9 Å². The van der Waals surface area contributed by atoms with Crippen LogP contribution in [0.25, 0.3) is 11.0 Å². The van der Waals surface area contributed by atoms with Crippen LogP contribution in [0.3, 0.4) is 0 Å². The summed E-state index contributed by atoms with van der Waals surface area (Å²) in [5.74, 6) is -0.0479. The molecule has 0 saturated heterocycles. The maximum atomic E-state index is 12.1. The second-order valence-corrected chi connectivity index (χ2v) is 4.64. The van der Waals surface area contributed by atoms with E-state index >= 15 is 0 Å². The number of ether oxygens (including phenoxy) is 1. The van der Waals surface area contributed by atoms with Gasteiger partial charge in [0.25, 0.3) is 0 Å². The number of fused-ring (bicyclic) bond motifs is 1. The largest absolute Gasteiger partial charge is 0.453 e. The molecule has 0 aliphatic heterocycles. The average molecular weight is 298 g/mol. The molecule has 0 N–H and O–H groups in total. The zero-order valence-corrected chi connectivity index (χ0v) is 12.0. The summed E-state index contributed by atoms with van der Waals surface area (Å²) in [6, 6.07) is 7.32. The highest BCUT2D eigenvalue weighted by atomic mass is 16.5. The van der Waals surface area contributed by atoms with Crippen molar-refractivity contribution in [3.8, 4) is 0 Å². The summed E-state index contributed by atoms with van der Waals surface area (Å²) in [5.41, 5.74) is 1.53. The Morgan fingerprint density at radius 2 is 2.09 bits per heavy atom. The van der Waals surface area contributed by atoms with Crippen molar-refractivity contribution in [2.45, 2.75) is 26.5 Å². The lowest BCUT2D eigenvalue weighted by Crippen LogP contribution is -2.12. The number of aryl methyl sites for hydroxylation is 1. The molecule has 0 saturated carbocycles. The number of carbonyl (C=O) groups is 1. The number of esters is 1. The Morgan fingerprint density at radius 1 is 1.27 bits per heavy atom. The molecule has 8 nitrogen and oxygen atoms in total. The Morgan fingerprint density at radius 3 is 2.91 bits per heavy atom. The van der Waals surface area contributed by atoms with Gasteiger partial charge in [-0.1, -0.05) is 19.1 Å². The van der Waals surface area contributed by atoms with Gasteiger partial charge in [0.05, 0.1) is 17.2 Å². The van der Waals surface area contributed by atoms with Gasteiger partial charge in [0.2, 0.25) is 0 Å². The Hall–Kier alpha value is -2.90. The fourth-order valence-electron chi connectivity index (χ4n) is 1.97. The molecule has 112 valence electrons. The zero-order valence-electron chi connectivity index (χ0n) is 12.0. The molecule has 2 aromatic heterocycles. The molecule has 22 heavy (non-hydrogen) atoms. The van der Waals surface area contributed by atoms with Gasteiger partial charge >= 0.3 is 5.97 Å². The molecule has 0 fully saturated rings. The minimum absolute atomic E-state index is 0.000337. The summed E-state index contributed by atoms with van der Waals surface area (Å²) in [6.07, 6.45) is 2.29. The Labute approximate surface area is 126 Å². The molecule has 8 heteroatoms. The van der Waals surface area contributed by atoms with E-state index in [2.05, 4.69) is 25.5 Å². The molecule has 0 aliphatic rings. The topological polar surface area (TPSA) is 95.7 Å². The zero-order chi connectivity index (χ0) is 15.4. The van der Waals surface area contributed by atoms with Gasteiger partial charge in [0, 0.05) is 6.54 Å². The standard InChI is InChI=1S/C14H14N6O2/c1-2-7-20-13(17-18-19-20)9-22-14(21)12-8-15-10-5-3-4-6-11(10)16-12/h3-6,8H,2,7,9H2,1H3. The Balaban J connectivity index is 1.71. The first-order valence-corrected chi connectivity index (χ1v) is 6.92. The SMILES string of the molecule is CCCn1nnnc1COC(=O)c1cnc2ccccc2n1. The number of para-hydroxylation sites is 2. The first-order chi connectivity index (χ1) is 10.8. The monoisotopic (exact) mass is 298 g/mol. The highest BCUT2D eigenvalue weighted by Crippen LogP contribution is 2.09. The number of carbonyl (C=O) groups excluding carboxylic acids is 1. The third-order valence-electron chi connectivity index (χ3n) is 3.03. The average Bonchev–Trinajstić information content (AvgIpc) is 3.00. The fourth-order valence-corrected chi connectivity index (χ4v) is 1.97. The minimum Gasteiger partial charge on any atom is -0.453 e. The van der Waals surface area contributed by atoms with E-state index in [-0.39, 0.29) is 12.3 Å². The van der Waals surface area contributed by atoms with Crippen LogP contribution >= 0.6 is 0 Å². The second-order valence-electron chi connectivity index (χ2n) is 4.64. The van der Waals surface area contributed by atoms with Crippen LogP contribution in [0.5, 0.6) is 0 Å². The van der Waals surface area contributed by atoms with Crippen LogP contribution in [-0.4, -0.2) is 36.1 Å². The van der Waals surface area contributed by atoms with Crippen molar-refractivity contribution in [3.63, 3.8) is 0 Å². The normalized spacial score (nSPS) is 10.8. The van der Waals surface area contributed by atoms with Crippen LogP contribution in [0.1, 0.15) is 29.7 Å². The summed E-state index contributed by atoms with van der Waals surface area (Å²) in [5, 5.41) is 11.2. The summed E-state index contributed by atoms with van der Waals surface area (Å²) in [7, 11) is 0. The maximum absolute atomic E-state index is 12.1. The van der Waals surface area contributed by atoms with E-state index in [4.69, 9.17) is 4.74 Å². The predicted molar refractivity (Wildman–Crippen MR) is 76.8 cm³/mol. The molecule has 3 aromatic rings. The number of rotatable bonds is 5. The lowest BCUT2D eigenvalue weighted by molar-refractivity contribution is 0.0449. The molecule has 0 spiro atoms. The van der Waals surface area contributed by atoms with Gasteiger partial charge in [0.15, 0.2) is 18.1 Å². The first kappa shape index (κ1) is 14.1. The molecule has 3 rings (SSSR count). The molecular formula is C14H14N6O2. The number of hydrogen-bond donors (Lipinski definition) is 0. The van der Waals surface area contributed by atoms with Crippen LogP contribution < -0.4 is 0 Å². The molecule has 0 unspecified atom stereocenters. The summed E-state index contributed by atoms with van der Waals surface area (Å²) < 4.78 is 6.81. The Bertz CT molecular complexity index is 801. The van der Waals surface area contributed by atoms with Crippen molar-refractivity contribution >= 4 is 17.0 Å². The lowest BCUT2D eigenvalue weighted by Gasteiger charge is -2.05. The quantitative estimate of drug-likeness (QED) is 0.656. The van der Waals surface area contributed by atoms with Crippen molar-refractivity contribution in [1.82, 2.24) is 30.2 Å². The van der Waals surface area contributed by atoms with Crippen LogP contribution in [0.4, 0.5) is 0 Å². The third kappa shape index (κ3) is 2.90. The van der Waals surface area contributed by atoms with Crippen molar-refractivity contribution in [1.29, 1.82) is 0 Å². The van der Waals surface area contributed by atoms with Gasteiger partial charge in [-0.05, 0) is 29.0 Å². The maximum Gasteiger partial charge on any atom is 0.359 e. The van der Waals surface area contributed by atoms with Gasteiger partial charge in [-0.25, -0.2) is 14.5 Å². The van der Waals surface area contributed by atoms with Crippen LogP contribution in [-0.2, 0) is 17.9 Å². The number of aromatic nitrogens is 6. The third-order valence-corrected chi connectivity index (χ3v) is 3.03. The van der Waals surface area contributed by atoms with E-state index in [9.17, 15) is 4.79 Å². The van der Waals surface area contributed by atoms with Gasteiger partial charge in [-0.15, -0.1) is 5.10 Å². The van der Waals surface area contributed by atoms with Crippen molar-refractivity contribution in [2.24, 2.45) is 0 Å². The summed E-state index contributed by atoms with van der Waals surface area (Å²) in [4.78, 5) is 20.5. The molecule has 0 radical (unpaired) electrons. The number of tetrazole rings is 1. The van der Waals surface area contributed by atoms with E-state index in [1.165, 1.54) is 6.20 Å². The van der Waals surface area contributed by atoms with Gasteiger partial charge < -0.3 is 4.74 Å². The number of nitrogens with zero attached hydrogens (tertiary/aromatic N) is 6. The van der Waals surface area contributed by atoms with Crippen molar-refractivity contribution < 1.29 is 9.53 Å². The molecule has 2 heterocycles. The van der Waals surface area contributed by atoms with E-state index in [1.807, 2.05) is 25.1 Å². The smallest absolute Gasteiger partial charge is 0.359 e. The lowest BCUT2D eigenvalue weighted by atomic mass is 10.3. The van der Waals surface area contributed by atoms with Crippen molar-refractivity contribution in [3.05, 3.63) is 42.0 Å². The molecule has 0 atom stereocenters. The van der Waals surface area contributed by atoms with Crippen LogP contribution in [0.15, 0.2) is 30.5 Å². The summed E-state index contributed by atoms with van der Waals surface area (Å²) >= 11 is 0. The fraction of sp³-hybridized carbons (Fsp3) is 0.286. The van der Waals surface area contributed by atoms with Gasteiger partial charge in [0.1, 0.15) is 0 Å². The van der Waals surface area contributed by atoms with Crippen LogP contribution in [0, 0.1) is 0 Å². The number of benzene rings is 1. The van der Waals surface area contributed by atoms with E-state index in [1.54, 1.807) is 10.7 Å². The molecule has 0 bridgehead atoms. The minimum atomic E-state index is -0.552. The number of hydrogen-bond acceptors (Lipinski definition) is 7. The van der Waals surface area contributed by atoms with Gasteiger partial charge in [-0.2, -0.15) is 0 Å². The first-order valence-electron chi connectivity index (χ1n) is 6.92. The second kappa shape index (κ2) is 6.25. The van der Waals surface area contributed by atoms with E-state index < -0.39 is 5.97 Å². The Kier molecular flexibility index (Phi) is 3.99. The van der Waals surface area contributed by atoms with Gasteiger partial charge in [-0.3, -0.25) is 4.98 Å². The highest BCUT2D eigenvalue weighted by Gasteiger charge is 2.13. The van der Waals surface area contributed by atoms with E-state index in [0.29, 0.717) is 17.9 Å². The highest BCUT2D eigenvalue weighted by molar-refractivity contribution is 5.89. The van der Waals surface area contributed by atoms with Crippen molar-refractivity contribution in [2.75, 3.05) is 0 Å². The molecule has 1 aromatic carbocycles. The van der Waals surface area contributed by atoms with Crippen LogP contribution in [0.2, 0.25) is 0 Å². The molecule has 0 aliphatic carbocycles. The summed E-state index contributed by atoms with van der Waals surface area (Å²) in [6.45, 7) is 2.69.